The molecule has 0 unspecified atom stereocenters. The van der Waals surface area contributed by atoms with E-state index in [1.807, 2.05) is 56.6 Å². The Morgan fingerprint density at radius 3 is 2.26 bits per heavy atom. The average molecular weight is 531 g/mol. The van der Waals surface area contributed by atoms with E-state index in [1.54, 1.807) is 49.8 Å². The van der Waals surface area contributed by atoms with Gasteiger partial charge in [0.1, 0.15) is 28.6 Å². The highest BCUT2D eigenvalue weighted by atomic mass is 32.1. The van der Waals surface area contributed by atoms with E-state index in [2.05, 4.69) is 17.0 Å². The molecule has 0 amide bonds. The van der Waals surface area contributed by atoms with Gasteiger partial charge in [0, 0.05) is 30.6 Å². The highest BCUT2D eigenvalue weighted by Crippen LogP contribution is 2.37. The second-order valence-electron chi connectivity index (χ2n) is 8.57. The predicted octanol–water partition coefficient (Wildman–Crippen LogP) is 6.48. The van der Waals surface area contributed by atoms with Gasteiger partial charge in [-0.15, -0.1) is 11.3 Å². The van der Waals surface area contributed by atoms with Crippen LogP contribution in [0.3, 0.4) is 0 Å². The van der Waals surface area contributed by atoms with Crippen molar-refractivity contribution < 1.29 is 23.7 Å². The number of thiophene rings is 1. The van der Waals surface area contributed by atoms with E-state index >= 15 is 0 Å². The van der Waals surface area contributed by atoms with Gasteiger partial charge in [-0.1, -0.05) is 18.2 Å². The molecule has 4 rings (SSSR count). The maximum absolute atomic E-state index is 13.0. The molecule has 0 saturated carbocycles. The Morgan fingerprint density at radius 1 is 0.816 bits per heavy atom. The molecule has 196 valence electrons. The van der Waals surface area contributed by atoms with Crippen LogP contribution in [0.15, 0.2) is 66.7 Å². The number of hydrogen-bond donors (Lipinski definition) is 1. The number of nitrogen functional groups attached to an aromatic ring is 1. The van der Waals surface area contributed by atoms with Crippen LogP contribution >= 0.6 is 11.3 Å². The molecular formula is C30H30N2O5S. The summed E-state index contributed by atoms with van der Waals surface area (Å²) in [6.45, 7) is 0. The first-order valence-corrected chi connectivity index (χ1v) is 12.6. The lowest BCUT2D eigenvalue weighted by atomic mass is 10.0. The van der Waals surface area contributed by atoms with Gasteiger partial charge >= 0.3 is 5.97 Å². The summed E-state index contributed by atoms with van der Waals surface area (Å²) in [7, 11) is 8.69. The highest BCUT2D eigenvalue weighted by Gasteiger charge is 2.17. The van der Waals surface area contributed by atoms with Crippen molar-refractivity contribution in [3.05, 3.63) is 82.7 Å². The summed E-state index contributed by atoms with van der Waals surface area (Å²) in [5.41, 5.74) is 9.38. The minimum Gasteiger partial charge on any atom is -0.496 e. The van der Waals surface area contributed by atoms with Crippen LogP contribution in [-0.4, -0.2) is 41.4 Å². The van der Waals surface area contributed by atoms with Crippen LogP contribution < -0.4 is 29.6 Å². The fourth-order valence-electron chi connectivity index (χ4n) is 3.84. The van der Waals surface area contributed by atoms with E-state index in [0.717, 1.165) is 21.6 Å². The largest absolute Gasteiger partial charge is 0.496 e. The summed E-state index contributed by atoms with van der Waals surface area (Å²) in [6, 6.07) is 20.2. The second-order valence-corrected chi connectivity index (χ2v) is 9.67. The number of rotatable bonds is 9. The summed E-state index contributed by atoms with van der Waals surface area (Å²) >= 11 is 1.70. The van der Waals surface area contributed by atoms with E-state index < -0.39 is 5.97 Å². The zero-order valence-corrected chi connectivity index (χ0v) is 22.8. The van der Waals surface area contributed by atoms with Gasteiger partial charge in [0.15, 0.2) is 0 Å². The first kappa shape index (κ1) is 26.6. The maximum Gasteiger partial charge on any atom is 0.347 e. The standard InChI is InChI=1S/C30H30N2O5S/c1-32(2)29-15-11-22(38-29)10-6-19-7-12-24(26(16-19)34-3)30(33)37-21-9-13-23(27(18-21)35-4)20-8-14-25(31)28(17-20)36-5/h6-18H,31H2,1-5H3/b10-6+. The summed E-state index contributed by atoms with van der Waals surface area (Å²) in [6.07, 6.45) is 4.02. The number of carbonyl (C=O) groups excluding carboxylic acids is 1. The molecule has 38 heavy (non-hydrogen) atoms. The van der Waals surface area contributed by atoms with Crippen molar-refractivity contribution in [1.82, 2.24) is 0 Å². The zero-order chi connectivity index (χ0) is 27.2. The molecule has 4 aromatic rings. The van der Waals surface area contributed by atoms with Crippen molar-refractivity contribution in [2.24, 2.45) is 0 Å². The summed E-state index contributed by atoms with van der Waals surface area (Å²) < 4.78 is 22.1. The molecule has 1 heterocycles. The smallest absolute Gasteiger partial charge is 0.347 e. The number of ether oxygens (including phenoxy) is 4. The molecule has 3 aromatic carbocycles. The molecule has 0 radical (unpaired) electrons. The Kier molecular flexibility index (Phi) is 8.23. The third-order valence-corrected chi connectivity index (χ3v) is 7.09. The number of nitrogens with zero attached hydrogens (tertiary/aromatic N) is 1. The van der Waals surface area contributed by atoms with Gasteiger partial charge in [-0.3, -0.25) is 0 Å². The van der Waals surface area contributed by atoms with Gasteiger partial charge in [0.25, 0.3) is 0 Å². The minimum absolute atomic E-state index is 0.321. The van der Waals surface area contributed by atoms with Crippen molar-refractivity contribution in [3.63, 3.8) is 0 Å². The number of benzene rings is 3. The first-order valence-electron chi connectivity index (χ1n) is 11.8. The van der Waals surface area contributed by atoms with Gasteiger partial charge in [-0.25, -0.2) is 4.79 Å². The monoisotopic (exact) mass is 530 g/mol. The number of anilines is 2. The Labute approximate surface area is 226 Å². The summed E-state index contributed by atoms with van der Waals surface area (Å²) in [4.78, 5) is 16.2. The number of esters is 1. The third-order valence-electron chi connectivity index (χ3n) is 5.87. The molecule has 1 aromatic heterocycles. The number of carbonyl (C=O) groups is 1. The minimum atomic E-state index is -0.532. The predicted molar refractivity (Wildman–Crippen MR) is 155 cm³/mol. The van der Waals surface area contributed by atoms with Gasteiger partial charge in [0.2, 0.25) is 0 Å². The SMILES string of the molecule is COc1cc(-c2ccc(OC(=O)c3ccc(/C=C/c4ccc(N(C)C)s4)cc3OC)cc2OC)ccc1N. The molecule has 0 bridgehead atoms. The topological polar surface area (TPSA) is 83.2 Å². The molecule has 8 heteroatoms. The average Bonchev–Trinajstić information content (AvgIpc) is 3.41. The number of methoxy groups -OCH3 is 3. The Bertz CT molecular complexity index is 1480. The van der Waals surface area contributed by atoms with Crippen LogP contribution in [-0.2, 0) is 0 Å². The highest BCUT2D eigenvalue weighted by molar-refractivity contribution is 7.16. The normalized spacial score (nSPS) is 10.9. The molecule has 0 fully saturated rings. The molecule has 0 atom stereocenters. The fourth-order valence-corrected chi connectivity index (χ4v) is 4.68. The number of nitrogens with two attached hydrogens (primary N) is 1. The van der Waals surface area contributed by atoms with Crippen LogP contribution in [0.1, 0.15) is 20.8 Å². The van der Waals surface area contributed by atoms with Gasteiger partial charge in [-0.2, -0.15) is 0 Å². The van der Waals surface area contributed by atoms with Crippen molar-refractivity contribution in [2.75, 3.05) is 46.1 Å². The van der Waals surface area contributed by atoms with E-state index in [1.165, 1.54) is 12.1 Å². The Hall–Kier alpha value is -4.43. The fraction of sp³-hybridized carbons (Fsp3) is 0.167. The van der Waals surface area contributed by atoms with E-state index in [4.69, 9.17) is 24.7 Å². The summed E-state index contributed by atoms with van der Waals surface area (Å²) in [5.74, 6) is 1.35. The van der Waals surface area contributed by atoms with Gasteiger partial charge in [0.05, 0.1) is 32.0 Å². The molecular weight excluding hydrogens is 500 g/mol. The van der Waals surface area contributed by atoms with Crippen LogP contribution in [0.25, 0.3) is 23.3 Å². The van der Waals surface area contributed by atoms with Gasteiger partial charge < -0.3 is 29.6 Å². The molecule has 0 spiro atoms. The Morgan fingerprint density at radius 2 is 1.58 bits per heavy atom. The van der Waals surface area contributed by atoms with Crippen molar-refractivity contribution >= 4 is 40.1 Å². The number of hydrogen-bond acceptors (Lipinski definition) is 8. The molecule has 0 aliphatic rings. The maximum atomic E-state index is 13.0. The first-order chi connectivity index (χ1) is 18.3. The van der Waals surface area contributed by atoms with E-state index in [9.17, 15) is 4.79 Å². The lowest BCUT2D eigenvalue weighted by molar-refractivity contribution is 0.0731. The van der Waals surface area contributed by atoms with Crippen molar-refractivity contribution in [3.8, 4) is 34.1 Å². The quantitative estimate of drug-likeness (QED) is 0.151. The van der Waals surface area contributed by atoms with E-state index in [-0.39, 0.29) is 0 Å². The van der Waals surface area contributed by atoms with Crippen LogP contribution in [0.2, 0.25) is 0 Å². The molecule has 2 N–H and O–H groups in total. The lowest BCUT2D eigenvalue weighted by Gasteiger charge is -2.14. The zero-order valence-electron chi connectivity index (χ0n) is 22.0. The molecule has 0 aliphatic carbocycles. The van der Waals surface area contributed by atoms with E-state index in [0.29, 0.717) is 34.2 Å². The molecule has 0 saturated heterocycles. The summed E-state index contributed by atoms with van der Waals surface area (Å²) in [5, 5.41) is 1.18. The second kappa shape index (κ2) is 11.7. The Balaban J connectivity index is 1.53. The lowest BCUT2D eigenvalue weighted by Crippen LogP contribution is -2.10. The van der Waals surface area contributed by atoms with Crippen molar-refractivity contribution in [2.45, 2.75) is 0 Å². The van der Waals surface area contributed by atoms with Crippen LogP contribution in [0.4, 0.5) is 10.7 Å². The van der Waals surface area contributed by atoms with Crippen LogP contribution in [0.5, 0.6) is 23.0 Å². The van der Waals surface area contributed by atoms with Crippen molar-refractivity contribution in [1.29, 1.82) is 0 Å². The molecule has 7 nitrogen and oxygen atoms in total. The van der Waals surface area contributed by atoms with Crippen LogP contribution in [0, 0.1) is 0 Å². The van der Waals surface area contributed by atoms with Gasteiger partial charge in [-0.05, 0) is 65.7 Å². The molecule has 0 aliphatic heterocycles. The third kappa shape index (κ3) is 5.92.